The molecule has 0 saturated carbocycles. The Morgan fingerprint density at radius 1 is 0.756 bits per heavy atom. The van der Waals surface area contributed by atoms with Crippen LogP contribution in [-0.2, 0) is 28.9 Å². The Hall–Kier alpha value is -3.90. The van der Waals surface area contributed by atoms with Crippen molar-refractivity contribution in [1.82, 2.24) is 20.1 Å². The van der Waals surface area contributed by atoms with E-state index < -0.39 is 11.6 Å². The van der Waals surface area contributed by atoms with E-state index in [1.165, 1.54) is 11.1 Å². The second-order valence-corrected chi connectivity index (χ2v) is 11.6. The number of H-pyrrole nitrogens is 1. The first-order chi connectivity index (χ1) is 20.1. The number of piperidine rings is 1. The molecule has 6 nitrogen and oxygen atoms in total. The number of unbranched alkanes of at least 4 members (excludes halogenated alkanes) is 1. The van der Waals surface area contributed by atoms with Crippen LogP contribution in [0, 0.1) is 0 Å². The molecular weight excluding hydrogens is 508 g/mol. The van der Waals surface area contributed by atoms with Crippen molar-refractivity contribution >= 4 is 22.7 Å². The number of hydrogen-bond acceptors (Lipinski definition) is 3. The molecule has 2 aliphatic heterocycles. The maximum Gasteiger partial charge on any atom is 0.246 e. The lowest BCUT2D eigenvalue weighted by Crippen LogP contribution is -2.73. The molecule has 2 aliphatic rings. The summed E-state index contributed by atoms with van der Waals surface area (Å²) < 4.78 is 0. The third-order valence-electron chi connectivity index (χ3n) is 9.09. The van der Waals surface area contributed by atoms with E-state index in [0.717, 1.165) is 61.8 Å². The summed E-state index contributed by atoms with van der Waals surface area (Å²) in [6.07, 6.45) is 7.95. The number of hydrogen-bond donors (Lipinski definition) is 2. The standard InChI is InChI=1S/C35H40N4O2/c40-33-32(25-29-26-36-31-17-8-7-16-30(29)31)37-34(41)35(39(33)22-18-28-13-5-2-6-14-28)19-23-38(24-20-35)21-10-9-15-27-11-3-1-4-12-27/h1-8,11-14,16-17,26,32,36H,9-10,15,18-25H2,(H,37,41). The topological polar surface area (TPSA) is 68.4 Å². The number of carbonyl (C=O) groups excluding carboxylic acids is 2. The molecule has 2 N–H and O–H groups in total. The number of likely N-dealkylation sites (tertiary alicyclic amines) is 1. The molecule has 212 valence electrons. The average Bonchev–Trinajstić information content (AvgIpc) is 3.42. The van der Waals surface area contributed by atoms with E-state index >= 15 is 0 Å². The smallest absolute Gasteiger partial charge is 0.246 e. The zero-order valence-corrected chi connectivity index (χ0v) is 23.7. The lowest BCUT2D eigenvalue weighted by molar-refractivity contribution is -0.161. The van der Waals surface area contributed by atoms with E-state index in [1.807, 2.05) is 47.5 Å². The third-order valence-corrected chi connectivity index (χ3v) is 9.09. The van der Waals surface area contributed by atoms with E-state index in [9.17, 15) is 9.59 Å². The molecule has 3 aromatic carbocycles. The monoisotopic (exact) mass is 548 g/mol. The molecule has 0 radical (unpaired) electrons. The number of rotatable bonds is 10. The van der Waals surface area contributed by atoms with Crippen molar-refractivity contribution in [2.75, 3.05) is 26.2 Å². The van der Waals surface area contributed by atoms with Crippen LogP contribution in [0.5, 0.6) is 0 Å². The van der Waals surface area contributed by atoms with E-state index in [1.54, 1.807) is 0 Å². The molecule has 0 bridgehead atoms. The minimum atomic E-state index is -0.775. The number of amides is 2. The summed E-state index contributed by atoms with van der Waals surface area (Å²) in [6.45, 7) is 3.26. The van der Waals surface area contributed by atoms with Crippen LogP contribution in [0.4, 0.5) is 0 Å². The van der Waals surface area contributed by atoms with Gasteiger partial charge in [0.25, 0.3) is 0 Å². The van der Waals surface area contributed by atoms with Gasteiger partial charge in [0.15, 0.2) is 0 Å². The van der Waals surface area contributed by atoms with Crippen molar-refractivity contribution < 1.29 is 9.59 Å². The number of piperazine rings is 1. The van der Waals surface area contributed by atoms with Gasteiger partial charge in [-0.15, -0.1) is 0 Å². The quantitative estimate of drug-likeness (QED) is 0.270. The number of aromatic amines is 1. The Bertz CT molecular complexity index is 1460. The first-order valence-electron chi connectivity index (χ1n) is 15.1. The third kappa shape index (κ3) is 5.94. The van der Waals surface area contributed by atoms with Crippen LogP contribution < -0.4 is 5.32 Å². The van der Waals surface area contributed by atoms with Gasteiger partial charge in [-0.25, -0.2) is 0 Å². The lowest BCUT2D eigenvalue weighted by Gasteiger charge is -2.51. The van der Waals surface area contributed by atoms with Crippen molar-refractivity contribution in [2.24, 2.45) is 0 Å². The second kappa shape index (κ2) is 12.3. The maximum atomic E-state index is 14.1. The first kappa shape index (κ1) is 27.3. The normalized spacial score (nSPS) is 19.1. The fourth-order valence-corrected chi connectivity index (χ4v) is 6.70. The predicted molar refractivity (Wildman–Crippen MR) is 164 cm³/mol. The summed E-state index contributed by atoms with van der Waals surface area (Å²) in [4.78, 5) is 35.8. The van der Waals surface area contributed by atoms with E-state index in [4.69, 9.17) is 0 Å². The number of nitrogens with zero attached hydrogens (tertiary/aromatic N) is 2. The predicted octanol–water partition coefficient (Wildman–Crippen LogP) is 5.14. The molecular formula is C35H40N4O2. The van der Waals surface area contributed by atoms with Gasteiger partial charge in [0.2, 0.25) is 11.8 Å². The summed E-state index contributed by atoms with van der Waals surface area (Å²) >= 11 is 0. The summed E-state index contributed by atoms with van der Waals surface area (Å²) in [5, 5.41) is 4.28. The van der Waals surface area contributed by atoms with Crippen molar-refractivity contribution in [3.05, 3.63) is 108 Å². The number of para-hydroxylation sites is 1. The highest BCUT2D eigenvalue weighted by Gasteiger charge is 2.53. The molecule has 41 heavy (non-hydrogen) atoms. The molecule has 6 rings (SSSR count). The first-order valence-corrected chi connectivity index (χ1v) is 15.1. The van der Waals surface area contributed by atoms with E-state index in [0.29, 0.717) is 25.8 Å². The summed E-state index contributed by atoms with van der Waals surface area (Å²) in [6, 6.07) is 28.5. The van der Waals surface area contributed by atoms with Gasteiger partial charge < -0.3 is 20.1 Å². The van der Waals surface area contributed by atoms with Crippen molar-refractivity contribution in [1.29, 1.82) is 0 Å². The molecule has 1 aromatic heterocycles. The van der Waals surface area contributed by atoms with Gasteiger partial charge in [0, 0.05) is 43.2 Å². The van der Waals surface area contributed by atoms with Crippen molar-refractivity contribution in [3.63, 3.8) is 0 Å². The SMILES string of the molecule is O=C1C(Cc2c[nH]c3ccccc23)NC(=O)C2(CCN(CCCCc3ccccc3)CC2)N1CCc1ccccc1. The molecule has 2 amide bonds. The van der Waals surface area contributed by atoms with Crippen LogP contribution in [-0.4, -0.2) is 64.4 Å². The zero-order chi connectivity index (χ0) is 28.1. The number of benzene rings is 3. The number of aromatic nitrogens is 1. The second-order valence-electron chi connectivity index (χ2n) is 11.6. The van der Waals surface area contributed by atoms with Crippen LogP contribution >= 0.6 is 0 Å². The fourth-order valence-electron chi connectivity index (χ4n) is 6.70. The van der Waals surface area contributed by atoms with Crippen LogP contribution in [0.15, 0.2) is 91.1 Å². The number of aryl methyl sites for hydroxylation is 1. The Balaban J connectivity index is 1.14. The molecule has 1 atom stereocenters. The Morgan fingerprint density at radius 3 is 2.15 bits per heavy atom. The van der Waals surface area contributed by atoms with Gasteiger partial charge in [0.05, 0.1) is 0 Å². The Morgan fingerprint density at radius 2 is 1.41 bits per heavy atom. The molecule has 3 heterocycles. The van der Waals surface area contributed by atoms with E-state index in [-0.39, 0.29) is 11.8 Å². The molecule has 1 unspecified atom stereocenters. The largest absolute Gasteiger partial charge is 0.361 e. The van der Waals surface area contributed by atoms with Gasteiger partial charge in [-0.1, -0.05) is 78.9 Å². The molecule has 2 saturated heterocycles. The fraction of sp³-hybridized carbons (Fsp3) is 0.371. The van der Waals surface area contributed by atoms with E-state index in [2.05, 4.69) is 63.7 Å². The van der Waals surface area contributed by atoms with Gasteiger partial charge >= 0.3 is 0 Å². The summed E-state index contributed by atoms with van der Waals surface area (Å²) in [5.41, 5.74) is 3.90. The van der Waals surface area contributed by atoms with Gasteiger partial charge in [-0.05, 0) is 67.8 Å². The number of carbonyl (C=O) groups is 2. The molecule has 2 fully saturated rings. The van der Waals surface area contributed by atoms with Crippen LogP contribution in [0.2, 0.25) is 0 Å². The van der Waals surface area contributed by atoms with Crippen molar-refractivity contribution in [2.45, 2.75) is 56.5 Å². The number of nitrogens with one attached hydrogen (secondary N) is 2. The molecule has 0 aliphatic carbocycles. The van der Waals surface area contributed by atoms with Crippen LogP contribution in [0.25, 0.3) is 10.9 Å². The maximum absolute atomic E-state index is 14.1. The zero-order valence-electron chi connectivity index (χ0n) is 23.7. The highest BCUT2D eigenvalue weighted by Crippen LogP contribution is 2.34. The van der Waals surface area contributed by atoms with Crippen molar-refractivity contribution in [3.8, 4) is 0 Å². The minimum absolute atomic E-state index is 0.0127. The van der Waals surface area contributed by atoms with Crippen LogP contribution in [0.1, 0.15) is 42.4 Å². The highest BCUT2D eigenvalue weighted by molar-refractivity contribution is 6.00. The summed E-state index contributed by atoms with van der Waals surface area (Å²) in [5.74, 6) is 0.0563. The lowest BCUT2D eigenvalue weighted by atomic mass is 9.80. The summed E-state index contributed by atoms with van der Waals surface area (Å²) in [7, 11) is 0. The average molecular weight is 549 g/mol. The molecule has 6 heteroatoms. The molecule has 4 aromatic rings. The Kier molecular flexibility index (Phi) is 8.19. The van der Waals surface area contributed by atoms with Gasteiger partial charge in [-0.2, -0.15) is 0 Å². The van der Waals surface area contributed by atoms with Crippen LogP contribution in [0.3, 0.4) is 0 Å². The highest BCUT2D eigenvalue weighted by atomic mass is 16.2. The molecule has 1 spiro atoms. The minimum Gasteiger partial charge on any atom is -0.361 e. The number of fused-ring (bicyclic) bond motifs is 1. The Labute approximate surface area is 242 Å². The van der Waals surface area contributed by atoms with Gasteiger partial charge in [-0.3, -0.25) is 9.59 Å². The van der Waals surface area contributed by atoms with Gasteiger partial charge in [0.1, 0.15) is 11.6 Å².